The zero-order valence-corrected chi connectivity index (χ0v) is 14.0. The third kappa shape index (κ3) is 1.79. The summed E-state index contributed by atoms with van der Waals surface area (Å²) in [6, 6.07) is 0. The van der Waals surface area contributed by atoms with Crippen LogP contribution in [0.5, 0.6) is 0 Å². The Balaban J connectivity index is 1.72. The molecule has 0 amide bonds. The topological polar surface area (TPSA) is 17.1 Å². The second-order valence-electron chi connectivity index (χ2n) is 8.96. The molecule has 116 valence electrons. The van der Waals surface area contributed by atoms with Crippen LogP contribution in [0.25, 0.3) is 0 Å². The van der Waals surface area contributed by atoms with E-state index in [-0.39, 0.29) is 5.92 Å². The highest BCUT2D eigenvalue weighted by Crippen LogP contribution is 2.65. The summed E-state index contributed by atoms with van der Waals surface area (Å²) in [6.45, 7) is 7.22. The molecule has 0 N–H and O–H groups in total. The van der Waals surface area contributed by atoms with Crippen LogP contribution in [-0.4, -0.2) is 5.78 Å². The van der Waals surface area contributed by atoms with E-state index in [9.17, 15) is 4.79 Å². The summed E-state index contributed by atoms with van der Waals surface area (Å²) >= 11 is 0. The predicted molar refractivity (Wildman–Crippen MR) is 85.9 cm³/mol. The van der Waals surface area contributed by atoms with Gasteiger partial charge in [0.1, 0.15) is 5.78 Å². The average molecular weight is 286 g/mol. The van der Waals surface area contributed by atoms with Crippen LogP contribution in [0.3, 0.4) is 0 Å². The molecule has 4 rings (SSSR count). The highest BCUT2D eigenvalue weighted by atomic mass is 16.1. The van der Waals surface area contributed by atoms with Gasteiger partial charge >= 0.3 is 0 Å². The summed E-state index contributed by atoms with van der Waals surface area (Å²) in [5.41, 5.74) is 2.49. The SMILES string of the molecule is CC1C(=O)CC[C@@]2(C)C1=CC[C@@H]1[C@H]2CC[C@]2(C)CCC[C@@H]12. The fraction of sp³-hybridized carbons (Fsp3) is 0.850. The lowest BCUT2D eigenvalue weighted by molar-refractivity contribution is -0.126. The number of carbonyl (C=O) groups excluding carboxylic acids is 1. The minimum atomic E-state index is 0.196. The Morgan fingerprint density at radius 3 is 2.71 bits per heavy atom. The minimum absolute atomic E-state index is 0.196. The molecule has 0 aromatic rings. The summed E-state index contributed by atoms with van der Waals surface area (Å²) in [7, 11) is 0. The Kier molecular flexibility index (Phi) is 2.98. The molecule has 6 atom stereocenters. The van der Waals surface area contributed by atoms with E-state index in [4.69, 9.17) is 0 Å². The molecule has 0 bridgehead atoms. The normalized spacial score (nSPS) is 52.7. The number of allylic oxidation sites excluding steroid dienone is 2. The lowest BCUT2D eigenvalue weighted by atomic mass is 9.47. The van der Waals surface area contributed by atoms with Gasteiger partial charge in [0, 0.05) is 12.3 Å². The molecule has 0 aromatic heterocycles. The van der Waals surface area contributed by atoms with Crippen molar-refractivity contribution in [3.05, 3.63) is 11.6 Å². The average Bonchev–Trinajstić information content (AvgIpc) is 2.85. The zero-order chi connectivity index (χ0) is 14.8. The van der Waals surface area contributed by atoms with Gasteiger partial charge in [0.05, 0.1) is 0 Å². The summed E-state index contributed by atoms with van der Waals surface area (Å²) in [6.07, 6.45) is 12.9. The van der Waals surface area contributed by atoms with Gasteiger partial charge in [0.25, 0.3) is 0 Å². The van der Waals surface area contributed by atoms with Gasteiger partial charge in [-0.1, -0.05) is 38.8 Å². The van der Waals surface area contributed by atoms with Crippen molar-refractivity contribution in [2.75, 3.05) is 0 Å². The minimum Gasteiger partial charge on any atom is -0.299 e. The molecule has 4 aliphatic carbocycles. The van der Waals surface area contributed by atoms with Crippen molar-refractivity contribution in [3.63, 3.8) is 0 Å². The number of hydrogen-bond donors (Lipinski definition) is 0. The number of rotatable bonds is 0. The van der Waals surface area contributed by atoms with E-state index in [1.807, 2.05) is 0 Å². The van der Waals surface area contributed by atoms with Gasteiger partial charge in [-0.25, -0.2) is 0 Å². The molecule has 1 unspecified atom stereocenters. The number of ketones is 1. The molecule has 0 saturated heterocycles. The Morgan fingerprint density at radius 2 is 1.90 bits per heavy atom. The first kappa shape index (κ1) is 14.0. The molecule has 4 aliphatic rings. The van der Waals surface area contributed by atoms with E-state index >= 15 is 0 Å². The smallest absolute Gasteiger partial charge is 0.139 e. The Labute approximate surface area is 129 Å². The first-order chi connectivity index (χ1) is 9.96. The van der Waals surface area contributed by atoms with Gasteiger partial charge in [-0.2, -0.15) is 0 Å². The fourth-order valence-corrected chi connectivity index (χ4v) is 6.88. The van der Waals surface area contributed by atoms with E-state index < -0.39 is 0 Å². The van der Waals surface area contributed by atoms with Crippen molar-refractivity contribution < 1.29 is 4.79 Å². The van der Waals surface area contributed by atoms with Gasteiger partial charge in [0.2, 0.25) is 0 Å². The molecule has 21 heavy (non-hydrogen) atoms. The van der Waals surface area contributed by atoms with E-state index in [0.29, 0.717) is 16.6 Å². The van der Waals surface area contributed by atoms with Crippen molar-refractivity contribution >= 4 is 5.78 Å². The standard InChI is InChI=1S/C20H30O/c1-13-15-7-6-14-16-5-4-10-19(16,2)11-8-17(14)20(15,3)12-9-18(13)21/h7,13-14,16-17H,4-6,8-12H2,1-3H3/t13?,14-,16-,17+,19-,20-/m0/s1. The summed E-state index contributed by atoms with van der Waals surface area (Å²) in [5, 5.41) is 0. The van der Waals surface area contributed by atoms with Crippen LogP contribution in [0.2, 0.25) is 0 Å². The van der Waals surface area contributed by atoms with Gasteiger partial charge in [-0.3, -0.25) is 4.79 Å². The second kappa shape index (κ2) is 4.46. The second-order valence-corrected chi connectivity index (χ2v) is 8.96. The zero-order valence-electron chi connectivity index (χ0n) is 14.0. The maximum absolute atomic E-state index is 12.1. The number of Topliss-reactive ketones (excluding diaryl/α,β-unsaturated/α-hetero) is 1. The van der Waals surface area contributed by atoms with Crippen molar-refractivity contribution in [1.29, 1.82) is 0 Å². The van der Waals surface area contributed by atoms with Crippen LogP contribution in [0, 0.1) is 34.5 Å². The first-order valence-electron chi connectivity index (χ1n) is 9.19. The Bertz CT molecular complexity index is 504. The van der Waals surface area contributed by atoms with Crippen LogP contribution in [0.1, 0.15) is 72.1 Å². The molecule has 3 fully saturated rings. The lowest BCUT2D eigenvalue weighted by Crippen LogP contribution is -2.50. The Hall–Kier alpha value is -0.590. The fourth-order valence-electron chi connectivity index (χ4n) is 6.88. The third-order valence-corrected chi connectivity index (χ3v) is 8.15. The highest BCUT2D eigenvalue weighted by molar-refractivity contribution is 5.85. The largest absolute Gasteiger partial charge is 0.299 e. The van der Waals surface area contributed by atoms with E-state index in [1.165, 1.54) is 44.1 Å². The van der Waals surface area contributed by atoms with Crippen LogP contribution in [0.15, 0.2) is 11.6 Å². The number of hydrogen-bond acceptors (Lipinski definition) is 1. The molecule has 0 radical (unpaired) electrons. The monoisotopic (exact) mass is 286 g/mol. The molecule has 0 aromatic carbocycles. The van der Waals surface area contributed by atoms with E-state index in [1.54, 1.807) is 0 Å². The molecule has 1 heteroatoms. The third-order valence-electron chi connectivity index (χ3n) is 8.15. The van der Waals surface area contributed by atoms with Crippen LogP contribution >= 0.6 is 0 Å². The molecule has 0 aliphatic heterocycles. The summed E-state index contributed by atoms with van der Waals surface area (Å²) in [5.74, 6) is 3.39. The molecule has 1 nitrogen and oxygen atoms in total. The van der Waals surface area contributed by atoms with Crippen molar-refractivity contribution in [2.45, 2.75) is 72.1 Å². The Morgan fingerprint density at radius 1 is 1.10 bits per heavy atom. The van der Waals surface area contributed by atoms with Crippen molar-refractivity contribution in [1.82, 2.24) is 0 Å². The molecule has 0 spiro atoms. The van der Waals surface area contributed by atoms with Gasteiger partial charge in [-0.05, 0) is 67.1 Å². The van der Waals surface area contributed by atoms with E-state index in [0.717, 1.165) is 30.6 Å². The highest BCUT2D eigenvalue weighted by Gasteiger charge is 2.56. The lowest BCUT2D eigenvalue weighted by Gasteiger charge is -2.57. The van der Waals surface area contributed by atoms with Gasteiger partial charge < -0.3 is 0 Å². The quantitative estimate of drug-likeness (QED) is 0.562. The van der Waals surface area contributed by atoms with Gasteiger partial charge in [0.15, 0.2) is 0 Å². The van der Waals surface area contributed by atoms with Gasteiger partial charge in [-0.15, -0.1) is 0 Å². The van der Waals surface area contributed by atoms with Crippen molar-refractivity contribution in [3.8, 4) is 0 Å². The molecule has 3 saturated carbocycles. The number of fused-ring (bicyclic) bond motifs is 5. The predicted octanol–water partition coefficient (Wildman–Crippen LogP) is 5.15. The maximum atomic E-state index is 12.1. The van der Waals surface area contributed by atoms with Crippen molar-refractivity contribution in [2.24, 2.45) is 34.5 Å². The molecular formula is C20H30O. The first-order valence-corrected chi connectivity index (χ1v) is 9.19. The van der Waals surface area contributed by atoms with E-state index in [2.05, 4.69) is 26.8 Å². The van der Waals surface area contributed by atoms with Crippen LogP contribution in [-0.2, 0) is 4.79 Å². The summed E-state index contributed by atoms with van der Waals surface area (Å²) in [4.78, 5) is 12.1. The molecule has 0 heterocycles. The summed E-state index contributed by atoms with van der Waals surface area (Å²) < 4.78 is 0. The molecular weight excluding hydrogens is 256 g/mol. The maximum Gasteiger partial charge on any atom is 0.139 e. The number of carbonyl (C=O) groups is 1. The van der Waals surface area contributed by atoms with Crippen LogP contribution in [0.4, 0.5) is 0 Å². The van der Waals surface area contributed by atoms with Crippen LogP contribution < -0.4 is 0 Å².